The van der Waals surface area contributed by atoms with Gasteiger partial charge in [-0.25, -0.2) is 9.59 Å². The number of carbonyl (C=O) groups excluding carboxylic acids is 3. The van der Waals surface area contributed by atoms with Gasteiger partial charge in [-0.2, -0.15) is 0 Å². The largest absolute Gasteiger partial charge is 1.00 e. The Bertz CT molecular complexity index is 581. The summed E-state index contributed by atoms with van der Waals surface area (Å²) in [5, 5.41) is 5.34. The van der Waals surface area contributed by atoms with Crippen LogP contribution in [0.4, 0.5) is 9.59 Å². The minimum Gasteiger partial charge on any atom is -1.00 e. The van der Waals surface area contributed by atoms with E-state index >= 15 is 0 Å². The molecule has 0 unspecified atom stereocenters. The number of piperazine rings is 1. The molecule has 0 aromatic rings. The van der Waals surface area contributed by atoms with Crippen molar-refractivity contribution in [2.45, 2.75) is 64.7 Å². The van der Waals surface area contributed by atoms with Crippen molar-refractivity contribution in [2.75, 3.05) is 19.6 Å². The summed E-state index contributed by atoms with van der Waals surface area (Å²) < 4.78 is 10.7. The Balaban J connectivity index is -0.00000225. The van der Waals surface area contributed by atoms with Crippen LogP contribution in [0.1, 0.15) is 49.4 Å². The monoisotopic (exact) mass is 407 g/mol. The minimum atomic E-state index is -1.32. The Hall–Kier alpha value is -1.12. The summed E-state index contributed by atoms with van der Waals surface area (Å²) in [5.74, 6) is -0.370. The minimum absolute atomic E-state index is 0. The molecular weight excluding hydrogens is 372 g/mol. The third kappa shape index (κ3) is 8.49. The molecule has 0 aromatic heterocycles. The van der Waals surface area contributed by atoms with E-state index in [-0.39, 0.29) is 63.1 Å². The number of ether oxygens (including phenoxy) is 2. The Kier molecular flexibility index (Phi) is 11.6. The molecule has 1 heterocycles. The quantitative estimate of drug-likeness (QED) is 0.420. The summed E-state index contributed by atoms with van der Waals surface area (Å²) >= 11 is 0. The Morgan fingerprint density at radius 1 is 1.25 bits per heavy atom. The van der Waals surface area contributed by atoms with Crippen LogP contribution in [0.3, 0.4) is 0 Å². The van der Waals surface area contributed by atoms with Gasteiger partial charge in [-0.1, -0.05) is 6.08 Å². The Morgan fingerprint density at radius 3 is 2.25 bits per heavy atom. The van der Waals surface area contributed by atoms with E-state index in [0.29, 0.717) is 6.54 Å². The van der Waals surface area contributed by atoms with Crippen LogP contribution in [0.25, 0.3) is 0 Å². The zero-order valence-corrected chi connectivity index (χ0v) is 17.6. The molecule has 8 nitrogen and oxygen atoms in total. The van der Waals surface area contributed by atoms with Gasteiger partial charge >= 0.3 is 31.0 Å². The molecule has 1 aliphatic rings. The normalized spacial score (nSPS) is 19.4. The molecular formula is C18H35AlLiN3O5. The summed E-state index contributed by atoms with van der Waals surface area (Å²) in [4.78, 5) is 38.7. The predicted octanol–water partition coefficient (Wildman–Crippen LogP) is -1.87. The van der Waals surface area contributed by atoms with Gasteiger partial charge in [-0.15, -0.1) is 6.58 Å². The predicted molar refractivity (Wildman–Crippen MR) is 109 cm³/mol. The topological polar surface area (TPSA) is 97.0 Å². The number of amides is 3. The molecule has 156 valence electrons. The third-order valence-electron chi connectivity index (χ3n) is 3.58. The molecule has 0 radical (unpaired) electrons. The molecule has 10 heteroatoms. The first-order chi connectivity index (χ1) is 11.8. The molecule has 1 fully saturated rings. The fourth-order valence-electron chi connectivity index (χ4n) is 2.59. The van der Waals surface area contributed by atoms with Crippen molar-refractivity contribution in [1.29, 1.82) is 0 Å². The van der Waals surface area contributed by atoms with Crippen molar-refractivity contribution in [2.24, 2.45) is 0 Å². The van der Waals surface area contributed by atoms with Crippen molar-refractivity contribution in [1.82, 2.24) is 15.5 Å². The maximum absolute atomic E-state index is 12.7. The van der Waals surface area contributed by atoms with E-state index in [4.69, 9.17) is 9.47 Å². The SMILES string of the molecule is C=CC[C@@]1(CNC(=O)OC(C)(C)C)C(=O)NCCN1C(=O)OC(C)(C)C.[AlH3].[H-].[Li+]. The first-order valence-electron chi connectivity index (χ1n) is 8.67. The van der Waals surface area contributed by atoms with E-state index in [2.05, 4.69) is 17.2 Å². The van der Waals surface area contributed by atoms with Crippen LogP contribution in [0, 0.1) is 0 Å². The zero-order valence-electron chi connectivity index (χ0n) is 18.6. The molecule has 1 rings (SSSR count). The first kappa shape index (κ1) is 29.1. The maximum atomic E-state index is 12.7. The number of carbonyl (C=O) groups is 3. The van der Waals surface area contributed by atoms with Crippen LogP contribution >= 0.6 is 0 Å². The van der Waals surface area contributed by atoms with Crippen molar-refractivity contribution in [3.8, 4) is 0 Å². The van der Waals surface area contributed by atoms with Crippen molar-refractivity contribution >= 4 is 35.5 Å². The second-order valence-electron chi connectivity index (χ2n) is 8.27. The van der Waals surface area contributed by atoms with Crippen molar-refractivity contribution < 1.29 is 44.1 Å². The average molecular weight is 407 g/mol. The molecule has 2 N–H and O–H groups in total. The maximum Gasteiger partial charge on any atom is 1.00 e. The van der Waals surface area contributed by atoms with Gasteiger partial charge in [0.1, 0.15) is 16.7 Å². The molecule has 1 aliphatic heterocycles. The molecule has 3 amide bonds. The van der Waals surface area contributed by atoms with Gasteiger partial charge in [0.15, 0.2) is 17.4 Å². The molecule has 0 saturated carbocycles. The number of rotatable bonds is 4. The number of hydrogen-bond donors (Lipinski definition) is 2. The summed E-state index contributed by atoms with van der Waals surface area (Å²) in [6.45, 7) is 14.6. The zero-order chi connectivity index (χ0) is 20.2. The Labute approximate surface area is 191 Å². The van der Waals surface area contributed by atoms with E-state index < -0.39 is 28.9 Å². The molecule has 28 heavy (non-hydrogen) atoms. The van der Waals surface area contributed by atoms with Crippen LogP contribution in [-0.4, -0.2) is 76.7 Å². The summed E-state index contributed by atoms with van der Waals surface area (Å²) in [5.41, 5.74) is -2.70. The van der Waals surface area contributed by atoms with E-state index in [1.165, 1.54) is 4.90 Å². The summed E-state index contributed by atoms with van der Waals surface area (Å²) in [7, 11) is 0. The summed E-state index contributed by atoms with van der Waals surface area (Å²) in [6, 6.07) is 0. The van der Waals surface area contributed by atoms with Gasteiger partial charge < -0.3 is 21.5 Å². The second-order valence-corrected chi connectivity index (χ2v) is 8.27. The Morgan fingerprint density at radius 2 is 1.79 bits per heavy atom. The van der Waals surface area contributed by atoms with Gasteiger partial charge in [0.2, 0.25) is 5.91 Å². The van der Waals surface area contributed by atoms with E-state index in [1.54, 1.807) is 47.6 Å². The van der Waals surface area contributed by atoms with E-state index in [1.807, 2.05) is 0 Å². The van der Waals surface area contributed by atoms with Gasteiger partial charge in [-0.3, -0.25) is 9.69 Å². The smallest absolute Gasteiger partial charge is 1.00 e. The molecule has 0 aliphatic carbocycles. The standard InChI is InChI=1S/C18H31N3O5.Al.Li.4H/c1-8-9-18(12-20-14(23)25-16(2,3)4)13(22)19-10-11-21(18)15(24)26-17(5,6)7;;;;;;/h8H,1,9-12H2,2-7H3,(H,19,22)(H,20,23);;;;;;/q;;+1;;;;-1/t18-;;;;;;/m1....../s1. The molecule has 1 atom stereocenters. The van der Waals surface area contributed by atoms with Gasteiger partial charge in [0.25, 0.3) is 0 Å². The molecule has 1 saturated heterocycles. The number of nitrogens with zero attached hydrogens (tertiary/aromatic N) is 1. The van der Waals surface area contributed by atoms with Crippen molar-refractivity contribution in [3.05, 3.63) is 12.7 Å². The van der Waals surface area contributed by atoms with Gasteiger partial charge in [0, 0.05) is 13.1 Å². The van der Waals surface area contributed by atoms with Crippen LogP contribution in [-0.2, 0) is 14.3 Å². The molecule has 0 bridgehead atoms. The van der Waals surface area contributed by atoms with Crippen LogP contribution < -0.4 is 29.5 Å². The number of alkyl carbamates (subject to hydrolysis) is 1. The van der Waals surface area contributed by atoms with E-state index in [9.17, 15) is 14.4 Å². The van der Waals surface area contributed by atoms with Crippen molar-refractivity contribution in [3.63, 3.8) is 0 Å². The fraction of sp³-hybridized carbons (Fsp3) is 0.722. The van der Waals surface area contributed by atoms with Crippen LogP contribution in [0.2, 0.25) is 0 Å². The second kappa shape index (κ2) is 11.2. The van der Waals surface area contributed by atoms with Gasteiger partial charge in [0.05, 0.1) is 6.54 Å². The van der Waals surface area contributed by atoms with Crippen LogP contribution in [0.5, 0.6) is 0 Å². The van der Waals surface area contributed by atoms with E-state index in [0.717, 1.165) is 0 Å². The average Bonchev–Trinajstić information content (AvgIpc) is 2.44. The fourth-order valence-corrected chi connectivity index (χ4v) is 2.59. The first-order valence-corrected chi connectivity index (χ1v) is 8.67. The summed E-state index contributed by atoms with van der Waals surface area (Å²) in [6.07, 6.45) is 0.427. The molecule has 0 spiro atoms. The third-order valence-corrected chi connectivity index (χ3v) is 3.58. The number of hydrogen-bond acceptors (Lipinski definition) is 5. The number of nitrogens with one attached hydrogen (secondary N) is 2. The van der Waals surface area contributed by atoms with Crippen LogP contribution in [0.15, 0.2) is 12.7 Å². The van der Waals surface area contributed by atoms with Gasteiger partial charge in [-0.05, 0) is 48.0 Å². The molecule has 0 aromatic carbocycles.